The number of hydrogen-bond donors (Lipinski definition) is 2. The van der Waals surface area contributed by atoms with Gasteiger partial charge in [0.1, 0.15) is 0 Å². The molecule has 0 unspecified atom stereocenters. The molecule has 0 saturated carbocycles. The molecule has 5 heteroatoms. The zero-order valence-electron chi connectivity index (χ0n) is 16.4. The van der Waals surface area contributed by atoms with Crippen molar-refractivity contribution in [3.05, 3.63) is 48.0 Å². The third-order valence-corrected chi connectivity index (χ3v) is 4.92. The molecule has 0 aromatic heterocycles. The number of rotatable bonds is 8. The van der Waals surface area contributed by atoms with Gasteiger partial charge in [-0.05, 0) is 36.1 Å². The molecule has 0 atom stereocenters. The highest BCUT2D eigenvalue weighted by molar-refractivity contribution is 5.85. The molecule has 2 aromatic rings. The van der Waals surface area contributed by atoms with E-state index in [2.05, 4.69) is 64.9 Å². The van der Waals surface area contributed by atoms with Crippen molar-refractivity contribution < 1.29 is 4.74 Å². The molecule has 2 N–H and O–H groups in total. The van der Waals surface area contributed by atoms with Crippen molar-refractivity contribution in [2.24, 2.45) is 4.99 Å². The maximum atomic E-state index is 5.39. The summed E-state index contributed by atoms with van der Waals surface area (Å²) in [6, 6.07) is 15.1. The third-order valence-electron chi connectivity index (χ3n) is 4.92. The van der Waals surface area contributed by atoms with E-state index in [0.29, 0.717) is 0 Å². The van der Waals surface area contributed by atoms with Crippen LogP contribution in [0.25, 0.3) is 10.8 Å². The van der Waals surface area contributed by atoms with Gasteiger partial charge >= 0.3 is 0 Å². The van der Waals surface area contributed by atoms with Gasteiger partial charge in [-0.3, -0.25) is 9.89 Å². The Balaban J connectivity index is 1.45. The molecule has 27 heavy (non-hydrogen) atoms. The minimum atomic E-state index is 0.848. The number of morpholine rings is 1. The van der Waals surface area contributed by atoms with E-state index in [4.69, 9.17) is 9.73 Å². The van der Waals surface area contributed by atoms with Gasteiger partial charge in [0.15, 0.2) is 5.96 Å². The van der Waals surface area contributed by atoms with Gasteiger partial charge in [-0.1, -0.05) is 42.5 Å². The highest BCUT2D eigenvalue weighted by Gasteiger charge is 2.09. The Bertz CT molecular complexity index is 720. The van der Waals surface area contributed by atoms with Crippen LogP contribution in [0.15, 0.2) is 47.5 Å². The van der Waals surface area contributed by atoms with Crippen molar-refractivity contribution in [2.75, 3.05) is 52.5 Å². The van der Waals surface area contributed by atoms with Crippen LogP contribution in [0, 0.1) is 0 Å². The molecule has 0 aliphatic carbocycles. The van der Waals surface area contributed by atoms with Crippen molar-refractivity contribution in [1.82, 2.24) is 15.5 Å². The number of nitrogens with zero attached hydrogens (tertiary/aromatic N) is 2. The second kappa shape index (κ2) is 10.9. The van der Waals surface area contributed by atoms with Crippen molar-refractivity contribution >= 4 is 16.7 Å². The first-order chi connectivity index (χ1) is 13.4. The average Bonchev–Trinajstić information content (AvgIpc) is 2.72. The second-order valence-electron chi connectivity index (χ2n) is 6.88. The smallest absolute Gasteiger partial charge is 0.191 e. The molecule has 1 fully saturated rings. The van der Waals surface area contributed by atoms with Crippen LogP contribution in [0.4, 0.5) is 0 Å². The second-order valence-corrected chi connectivity index (χ2v) is 6.88. The number of hydrogen-bond acceptors (Lipinski definition) is 3. The summed E-state index contributed by atoms with van der Waals surface area (Å²) in [5.41, 5.74) is 1.38. The molecular weight excluding hydrogens is 336 g/mol. The van der Waals surface area contributed by atoms with Gasteiger partial charge in [-0.15, -0.1) is 0 Å². The van der Waals surface area contributed by atoms with E-state index < -0.39 is 0 Å². The van der Waals surface area contributed by atoms with Crippen LogP contribution in [0.3, 0.4) is 0 Å². The fourth-order valence-corrected chi connectivity index (χ4v) is 3.48. The maximum absolute atomic E-state index is 5.39. The Kier molecular flexibility index (Phi) is 7.93. The molecule has 1 aliphatic heterocycles. The lowest BCUT2D eigenvalue weighted by Gasteiger charge is -2.26. The van der Waals surface area contributed by atoms with Crippen LogP contribution in [-0.2, 0) is 11.2 Å². The molecule has 1 aliphatic rings. The number of aliphatic imine (C=N–C) groups is 1. The zero-order chi connectivity index (χ0) is 18.7. The Morgan fingerprint density at radius 3 is 2.74 bits per heavy atom. The lowest BCUT2D eigenvalue weighted by Crippen LogP contribution is -2.39. The molecule has 2 aromatic carbocycles. The molecule has 0 radical (unpaired) electrons. The molecule has 5 nitrogen and oxygen atoms in total. The van der Waals surface area contributed by atoms with E-state index in [1.807, 2.05) is 0 Å². The number of nitrogens with one attached hydrogen (secondary N) is 2. The first-order valence-corrected chi connectivity index (χ1v) is 10.2. The number of benzene rings is 2. The summed E-state index contributed by atoms with van der Waals surface area (Å²) in [4.78, 5) is 7.19. The Morgan fingerprint density at radius 1 is 1.07 bits per heavy atom. The molecule has 146 valence electrons. The van der Waals surface area contributed by atoms with Crippen LogP contribution in [0.5, 0.6) is 0 Å². The van der Waals surface area contributed by atoms with Crippen molar-refractivity contribution in [3.8, 4) is 0 Å². The number of fused-ring (bicyclic) bond motifs is 1. The fraction of sp³-hybridized carbons (Fsp3) is 0.500. The van der Waals surface area contributed by atoms with E-state index in [0.717, 1.165) is 71.3 Å². The predicted molar refractivity (Wildman–Crippen MR) is 114 cm³/mol. The van der Waals surface area contributed by atoms with E-state index in [9.17, 15) is 0 Å². The SMILES string of the molecule is CCNC(=NCCCN1CCOCC1)NCCc1cccc2ccccc12. The van der Waals surface area contributed by atoms with Gasteiger partial charge in [0, 0.05) is 39.3 Å². The number of ether oxygens (including phenoxy) is 1. The highest BCUT2D eigenvalue weighted by atomic mass is 16.5. The van der Waals surface area contributed by atoms with Crippen LogP contribution in [0.1, 0.15) is 18.9 Å². The molecule has 3 rings (SSSR count). The van der Waals surface area contributed by atoms with E-state index >= 15 is 0 Å². The van der Waals surface area contributed by atoms with Gasteiger partial charge in [0.2, 0.25) is 0 Å². The Hall–Kier alpha value is -2.11. The van der Waals surface area contributed by atoms with Gasteiger partial charge in [-0.2, -0.15) is 0 Å². The topological polar surface area (TPSA) is 48.9 Å². The predicted octanol–water partition coefficient (Wildman–Crippen LogP) is 2.66. The lowest BCUT2D eigenvalue weighted by molar-refractivity contribution is 0.0377. The largest absolute Gasteiger partial charge is 0.379 e. The minimum Gasteiger partial charge on any atom is -0.379 e. The highest BCUT2D eigenvalue weighted by Crippen LogP contribution is 2.18. The van der Waals surface area contributed by atoms with Gasteiger partial charge < -0.3 is 15.4 Å². The quantitative estimate of drug-likeness (QED) is 0.427. The summed E-state index contributed by atoms with van der Waals surface area (Å²) in [6.45, 7) is 9.63. The summed E-state index contributed by atoms with van der Waals surface area (Å²) in [5, 5.41) is 9.47. The summed E-state index contributed by atoms with van der Waals surface area (Å²) < 4.78 is 5.39. The molecule has 1 saturated heterocycles. The van der Waals surface area contributed by atoms with Crippen LogP contribution >= 0.6 is 0 Å². The minimum absolute atomic E-state index is 0.848. The monoisotopic (exact) mass is 368 g/mol. The molecule has 0 bridgehead atoms. The first kappa shape index (κ1) is 19.6. The van der Waals surface area contributed by atoms with Crippen LogP contribution in [0.2, 0.25) is 0 Å². The van der Waals surface area contributed by atoms with Gasteiger partial charge in [-0.25, -0.2) is 0 Å². The standard InChI is InChI=1S/C22H32N4O/c1-2-23-22(24-12-6-14-26-15-17-27-18-16-26)25-13-11-20-9-5-8-19-7-3-4-10-21(19)20/h3-5,7-10H,2,6,11-18H2,1H3,(H2,23,24,25). The summed E-state index contributed by atoms with van der Waals surface area (Å²) in [5.74, 6) is 0.916. The van der Waals surface area contributed by atoms with E-state index in [1.54, 1.807) is 0 Å². The maximum Gasteiger partial charge on any atom is 0.191 e. The van der Waals surface area contributed by atoms with Crippen molar-refractivity contribution in [1.29, 1.82) is 0 Å². The van der Waals surface area contributed by atoms with Crippen LogP contribution in [-0.4, -0.2) is 63.3 Å². The van der Waals surface area contributed by atoms with Crippen LogP contribution < -0.4 is 10.6 Å². The molecule has 0 amide bonds. The van der Waals surface area contributed by atoms with E-state index in [1.165, 1.54) is 16.3 Å². The molecule has 0 spiro atoms. The van der Waals surface area contributed by atoms with Crippen molar-refractivity contribution in [3.63, 3.8) is 0 Å². The van der Waals surface area contributed by atoms with Gasteiger partial charge in [0.05, 0.1) is 13.2 Å². The van der Waals surface area contributed by atoms with E-state index in [-0.39, 0.29) is 0 Å². The fourth-order valence-electron chi connectivity index (χ4n) is 3.48. The summed E-state index contributed by atoms with van der Waals surface area (Å²) >= 11 is 0. The summed E-state index contributed by atoms with van der Waals surface area (Å²) in [7, 11) is 0. The average molecular weight is 369 g/mol. The van der Waals surface area contributed by atoms with Crippen molar-refractivity contribution in [2.45, 2.75) is 19.8 Å². The molecular formula is C22H32N4O. The van der Waals surface area contributed by atoms with Gasteiger partial charge in [0.25, 0.3) is 0 Å². The number of guanidine groups is 1. The normalized spacial score (nSPS) is 15.8. The zero-order valence-corrected chi connectivity index (χ0v) is 16.4. The Labute approximate surface area is 162 Å². The summed E-state index contributed by atoms with van der Waals surface area (Å²) in [6.07, 6.45) is 2.07. The molecule has 1 heterocycles. The first-order valence-electron chi connectivity index (χ1n) is 10.2. The third kappa shape index (κ3) is 6.22. The Morgan fingerprint density at radius 2 is 1.89 bits per heavy atom. The lowest BCUT2D eigenvalue weighted by atomic mass is 10.0.